The van der Waals surface area contributed by atoms with Crippen molar-refractivity contribution in [2.24, 2.45) is 5.92 Å². The second-order valence-electron chi connectivity index (χ2n) is 3.80. The number of rotatable bonds is 6. The number of aryl methyl sites for hydroxylation is 1. The molecule has 0 bridgehead atoms. The number of carbonyl (C=O) groups excluding carboxylic acids is 1. The van der Waals surface area contributed by atoms with Gasteiger partial charge in [0, 0.05) is 18.9 Å². The molecule has 0 saturated carbocycles. The predicted octanol–water partition coefficient (Wildman–Crippen LogP) is 2.42. The van der Waals surface area contributed by atoms with E-state index in [-0.39, 0.29) is 18.1 Å². The first-order valence-electron chi connectivity index (χ1n) is 5.65. The van der Waals surface area contributed by atoms with E-state index < -0.39 is 0 Å². The number of hydrogen-bond donors (Lipinski definition) is 0. The van der Waals surface area contributed by atoms with Crippen LogP contribution in [0, 0.1) is 17.2 Å². The minimum atomic E-state index is -0.197. The van der Waals surface area contributed by atoms with Crippen LogP contribution in [0.1, 0.15) is 43.6 Å². The molecule has 0 N–H and O–H groups in total. The average Bonchev–Trinajstić information content (AvgIpc) is 2.73. The highest BCUT2D eigenvalue weighted by molar-refractivity contribution is 5.96. The summed E-state index contributed by atoms with van der Waals surface area (Å²) in [6.45, 7) is 4.78. The van der Waals surface area contributed by atoms with E-state index in [1.165, 1.54) is 0 Å². The van der Waals surface area contributed by atoms with Crippen LogP contribution in [-0.4, -0.2) is 15.3 Å². The number of Topliss-reactive ketones (excluding diaryl/α,β-unsaturated/α-hetero) is 1. The van der Waals surface area contributed by atoms with Crippen molar-refractivity contribution in [3.8, 4) is 6.07 Å². The zero-order chi connectivity index (χ0) is 12.0. The van der Waals surface area contributed by atoms with E-state index in [1.807, 2.05) is 11.5 Å². The van der Waals surface area contributed by atoms with Crippen molar-refractivity contribution in [3.63, 3.8) is 0 Å². The van der Waals surface area contributed by atoms with Gasteiger partial charge in [0.2, 0.25) is 0 Å². The van der Waals surface area contributed by atoms with E-state index in [2.05, 4.69) is 18.0 Å². The molecule has 0 amide bonds. The van der Waals surface area contributed by atoms with E-state index in [4.69, 9.17) is 5.26 Å². The van der Waals surface area contributed by atoms with Gasteiger partial charge in [-0.3, -0.25) is 4.79 Å². The molecule has 1 rings (SSSR count). The van der Waals surface area contributed by atoms with Crippen molar-refractivity contribution in [2.45, 2.75) is 39.7 Å². The molecule has 0 aliphatic carbocycles. The van der Waals surface area contributed by atoms with Gasteiger partial charge in [0.05, 0.1) is 18.6 Å². The van der Waals surface area contributed by atoms with Crippen LogP contribution in [-0.2, 0) is 6.54 Å². The topological polar surface area (TPSA) is 58.7 Å². The molecule has 1 aromatic heterocycles. The molecule has 1 heterocycles. The third kappa shape index (κ3) is 2.69. The van der Waals surface area contributed by atoms with Crippen molar-refractivity contribution in [1.82, 2.24) is 9.55 Å². The molecule has 0 spiro atoms. The summed E-state index contributed by atoms with van der Waals surface area (Å²) in [5, 5.41) is 8.66. The van der Waals surface area contributed by atoms with Gasteiger partial charge in [0.15, 0.2) is 5.78 Å². The summed E-state index contributed by atoms with van der Waals surface area (Å²) in [6.07, 6.45) is 5.22. The molecular weight excluding hydrogens is 202 g/mol. The number of hydrogen-bond acceptors (Lipinski definition) is 3. The third-order valence-corrected chi connectivity index (χ3v) is 2.63. The van der Waals surface area contributed by atoms with Gasteiger partial charge in [0.25, 0.3) is 0 Å². The molecule has 0 fully saturated rings. The molecule has 4 heteroatoms. The SMILES string of the molecule is CCCn1cncc1C(=O)C(CC)CC#N. The van der Waals surface area contributed by atoms with Gasteiger partial charge in [-0.05, 0) is 12.8 Å². The van der Waals surface area contributed by atoms with Crippen molar-refractivity contribution in [3.05, 3.63) is 18.2 Å². The molecule has 1 aromatic rings. The van der Waals surface area contributed by atoms with Crippen LogP contribution >= 0.6 is 0 Å². The first kappa shape index (κ1) is 12.4. The van der Waals surface area contributed by atoms with Crippen molar-refractivity contribution < 1.29 is 4.79 Å². The van der Waals surface area contributed by atoms with Gasteiger partial charge < -0.3 is 4.57 Å². The Kier molecular flexibility index (Phi) is 4.71. The summed E-state index contributed by atoms with van der Waals surface area (Å²) in [4.78, 5) is 16.1. The molecule has 86 valence electrons. The standard InChI is InChI=1S/C12H17N3O/c1-3-7-15-9-14-8-11(15)12(16)10(4-2)5-6-13/h8-10H,3-5,7H2,1-2H3. The molecule has 0 aliphatic heterocycles. The number of nitriles is 1. The zero-order valence-corrected chi connectivity index (χ0v) is 9.81. The summed E-state index contributed by atoms with van der Waals surface area (Å²) >= 11 is 0. The van der Waals surface area contributed by atoms with E-state index in [0.717, 1.165) is 13.0 Å². The number of ketones is 1. The molecule has 1 atom stereocenters. The second-order valence-corrected chi connectivity index (χ2v) is 3.80. The minimum Gasteiger partial charge on any atom is -0.328 e. The van der Waals surface area contributed by atoms with Crippen LogP contribution in [0.3, 0.4) is 0 Å². The highest BCUT2D eigenvalue weighted by atomic mass is 16.1. The average molecular weight is 219 g/mol. The highest BCUT2D eigenvalue weighted by Crippen LogP contribution is 2.15. The number of imidazole rings is 1. The van der Waals surface area contributed by atoms with E-state index in [1.54, 1.807) is 12.5 Å². The summed E-state index contributed by atoms with van der Waals surface area (Å²) in [6, 6.07) is 2.06. The monoisotopic (exact) mass is 219 g/mol. The lowest BCUT2D eigenvalue weighted by Crippen LogP contribution is -2.17. The van der Waals surface area contributed by atoms with Gasteiger partial charge in [-0.25, -0.2) is 4.98 Å². The molecule has 1 unspecified atom stereocenters. The quantitative estimate of drug-likeness (QED) is 0.690. The van der Waals surface area contributed by atoms with Crippen molar-refractivity contribution in [2.75, 3.05) is 0 Å². The fraction of sp³-hybridized carbons (Fsp3) is 0.583. The first-order valence-corrected chi connectivity index (χ1v) is 5.65. The van der Waals surface area contributed by atoms with E-state index in [0.29, 0.717) is 12.1 Å². The molecule has 0 radical (unpaired) electrons. The van der Waals surface area contributed by atoms with Crippen molar-refractivity contribution in [1.29, 1.82) is 5.26 Å². The third-order valence-electron chi connectivity index (χ3n) is 2.63. The van der Waals surface area contributed by atoms with Gasteiger partial charge in [-0.2, -0.15) is 5.26 Å². The van der Waals surface area contributed by atoms with Crippen LogP contribution in [0.15, 0.2) is 12.5 Å². The molecular formula is C12H17N3O. The van der Waals surface area contributed by atoms with E-state index >= 15 is 0 Å². The smallest absolute Gasteiger partial charge is 0.184 e. The van der Waals surface area contributed by atoms with Gasteiger partial charge in [-0.15, -0.1) is 0 Å². The Morgan fingerprint density at radius 2 is 2.38 bits per heavy atom. The predicted molar refractivity (Wildman–Crippen MR) is 60.9 cm³/mol. The maximum absolute atomic E-state index is 12.1. The lowest BCUT2D eigenvalue weighted by Gasteiger charge is -2.11. The maximum atomic E-state index is 12.1. The lowest BCUT2D eigenvalue weighted by molar-refractivity contribution is 0.0909. The van der Waals surface area contributed by atoms with Crippen LogP contribution in [0.2, 0.25) is 0 Å². The van der Waals surface area contributed by atoms with Gasteiger partial charge >= 0.3 is 0 Å². The van der Waals surface area contributed by atoms with Gasteiger partial charge in [0.1, 0.15) is 5.69 Å². The lowest BCUT2D eigenvalue weighted by atomic mass is 9.96. The summed E-state index contributed by atoms with van der Waals surface area (Å²) in [5.74, 6) is -0.160. The highest BCUT2D eigenvalue weighted by Gasteiger charge is 2.20. The van der Waals surface area contributed by atoms with Crippen LogP contribution in [0.5, 0.6) is 0 Å². The van der Waals surface area contributed by atoms with Crippen LogP contribution < -0.4 is 0 Å². The maximum Gasteiger partial charge on any atom is 0.184 e. The van der Waals surface area contributed by atoms with E-state index in [9.17, 15) is 4.79 Å². The molecule has 0 aliphatic rings. The molecule has 0 aromatic carbocycles. The first-order chi connectivity index (χ1) is 7.74. The van der Waals surface area contributed by atoms with Crippen LogP contribution in [0.25, 0.3) is 0 Å². The largest absolute Gasteiger partial charge is 0.328 e. The van der Waals surface area contributed by atoms with Crippen molar-refractivity contribution >= 4 is 5.78 Å². The van der Waals surface area contributed by atoms with Gasteiger partial charge in [-0.1, -0.05) is 13.8 Å². The Balaban J connectivity index is 2.86. The normalized spacial score (nSPS) is 12.1. The summed E-state index contributed by atoms with van der Waals surface area (Å²) in [7, 11) is 0. The Bertz CT molecular complexity index is 389. The fourth-order valence-corrected chi connectivity index (χ4v) is 1.69. The minimum absolute atomic E-state index is 0.0370. The Hall–Kier alpha value is -1.63. The molecule has 4 nitrogen and oxygen atoms in total. The number of nitrogens with zero attached hydrogens (tertiary/aromatic N) is 3. The zero-order valence-electron chi connectivity index (χ0n) is 9.81. The number of carbonyl (C=O) groups is 1. The Morgan fingerprint density at radius 3 is 2.94 bits per heavy atom. The summed E-state index contributed by atoms with van der Waals surface area (Å²) < 4.78 is 1.86. The second kappa shape index (κ2) is 6.06. The Morgan fingerprint density at radius 1 is 1.62 bits per heavy atom. The molecule has 0 saturated heterocycles. The fourth-order valence-electron chi connectivity index (χ4n) is 1.69. The van der Waals surface area contributed by atoms with Crippen LogP contribution in [0.4, 0.5) is 0 Å². The Labute approximate surface area is 95.9 Å². The molecule has 16 heavy (non-hydrogen) atoms. The summed E-state index contributed by atoms with van der Waals surface area (Å²) in [5.41, 5.74) is 0.629. The number of aromatic nitrogens is 2.